The van der Waals surface area contributed by atoms with Crippen molar-refractivity contribution in [2.75, 3.05) is 0 Å². The lowest BCUT2D eigenvalue weighted by Crippen LogP contribution is -1.86. The van der Waals surface area contributed by atoms with E-state index in [1.165, 1.54) is 46.9 Å². The molecule has 0 fully saturated rings. The third-order valence-corrected chi connectivity index (χ3v) is 5.52. The molecule has 0 bridgehead atoms. The second kappa shape index (κ2) is 6.74. The Kier molecular flexibility index (Phi) is 4.27. The van der Waals surface area contributed by atoms with Crippen LogP contribution in [0.2, 0.25) is 0 Å². The Labute approximate surface area is 155 Å². The van der Waals surface area contributed by atoms with Crippen molar-refractivity contribution in [2.24, 2.45) is 0 Å². The minimum absolute atomic E-state index is 0.0294. The lowest BCUT2D eigenvalue weighted by Gasteiger charge is -1.94. The van der Waals surface area contributed by atoms with Crippen LogP contribution in [0.3, 0.4) is 0 Å². The lowest BCUT2D eigenvalue weighted by atomic mass is 10.2. The van der Waals surface area contributed by atoms with Gasteiger partial charge in [-0.05, 0) is 42.5 Å². The van der Waals surface area contributed by atoms with Crippen molar-refractivity contribution in [1.82, 2.24) is 9.97 Å². The maximum absolute atomic E-state index is 13.0. The average molecular weight is 383 g/mol. The summed E-state index contributed by atoms with van der Waals surface area (Å²) < 4.78 is 13.9. The largest absolute Gasteiger partial charge is 0.271 e. The fourth-order valence-corrected chi connectivity index (χ4v) is 4.01. The first kappa shape index (κ1) is 16.5. The van der Waals surface area contributed by atoms with Crippen LogP contribution in [0.1, 0.15) is 10.7 Å². The molecule has 128 valence electrons. The van der Waals surface area contributed by atoms with Crippen molar-refractivity contribution >= 4 is 50.7 Å². The molecule has 2 aromatic heterocycles. The maximum Gasteiger partial charge on any atom is 0.271 e. The topological polar surface area (TPSA) is 68.9 Å². The van der Waals surface area contributed by atoms with Crippen LogP contribution in [0.15, 0.2) is 47.8 Å². The number of aromatic nitrogens is 2. The van der Waals surface area contributed by atoms with Gasteiger partial charge in [0.2, 0.25) is 0 Å². The van der Waals surface area contributed by atoms with Crippen LogP contribution in [-0.4, -0.2) is 14.9 Å². The van der Waals surface area contributed by atoms with Gasteiger partial charge in [0.1, 0.15) is 15.8 Å². The zero-order valence-electron chi connectivity index (χ0n) is 13.1. The first-order chi connectivity index (χ1) is 12.6. The smallest absolute Gasteiger partial charge is 0.258 e. The molecule has 0 saturated heterocycles. The molecule has 0 N–H and O–H groups in total. The van der Waals surface area contributed by atoms with Gasteiger partial charge < -0.3 is 0 Å². The number of halogens is 1. The Balaban J connectivity index is 1.57. The molecule has 0 unspecified atom stereocenters. The summed E-state index contributed by atoms with van der Waals surface area (Å²) in [6.45, 7) is 0. The number of nitro groups is 1. The molecule has 4 rings (SSSR count). The van der Waals surface area contributed by atoms with Crippen LogP contribution >= 0.6 is 22.7 Å². The number of non-ortho nitro benzene ring substituents is 1. The summed E-state index contributed by atoms with van der Waals surface area (Å²) in [4.78, 5) is 19.3. The van der Waals surface area contributed by atoms with E-state index in [9.17, 15) is 14.5 Å². The van der Waals surface area contributed by atoms with Gasteiger partial charge >= 0.3 is 0 Å². The fraction of sp³-hybridized carbons (Fsp3) is 0. The molecular formula is C18H10FN3O2S2. The van der Waals surface area contributed by atoms with Crippen LogP contribution < -0.4 is 0 Å². The molecule has 0 spiro atoms. The van der Waals surface area contributed by atoms with Crippen LogP contribution in [0.4, 0.5) is 10.1 Å². The summed E-state index contributed by atoms with van der Waals surface area (Å²) in [7, 11) is 0. The van der Waals surface area contributed by atoms with Gasteiger partial charge in [0.05, 0.1) is 20.8 Å². The number of benzene rings is 2. The molecular weight excluding hydrogens is 373 g/mol. The predicted molar refractivity (Wildman–Crippen MR) is 103 cm³/mol. The highest BCUT2D eigenvalue weighted by atomic mass is 32.1. The van der Waals surface area contributed by atoms with Crippen molar-refractivity contribution in [2.45, 2.75) is 0 Å². The number of nitro benzene ring substituents is 1. The van der Waals surface area contributed by atoms with Gasteiger partial charge in [-0.1, -0.05) is 0 Å². The number of thiazole rings is 2. The standard InChI is InChI=1S/C18H10FN3O2S2/c19-12-3-1-11(2-4-12)18-20-13(10-25-18)5-8-17-21-15-9-14(22(23)24)6-7-16(15)26-17/h1-10H/b8-5+. The van der Waals surface area contributed by atoms with E-state index in [0.717, 1.165) is 26.0 Å². The number of nitrogens with zero attached hydrogens (tertiary/aromatic N) is 3. The minimum atomic E-state index is -0.430. The molecule has 2 aromatic carbocycles. The summed E-state index contributed by atoms with van der Waals surface area (Å²) in [6, 6.07) is 10.9. The van der Waals surface area contributed by atoms with E-state index >= 15 is 0 Å². The fourth-order valence-electron chi connectivity index (χ4n) is 2.36. The summed E-state index contributed by atoms with van der Waals surface area (Å²) in [5.41, 5.74) is 2.28. The van der Waals surface area contributed by atoms with E-state index in [1.807, 2.05) is 17.5 Å². The van der Waals surface area contributed by atoms with Gasteiger partial charge in [0, 0.05) is 23.1 Å². The molecule has 4 aromatic rings. The monoisotopic (exact) mass is 383 g/mol. The number of hydrogen-bond acceptors (Lipinski definition) is 6. The maximum atomic E-state index is 13.0. The van der Waals surface area contributed by atoms with Crippen LogP contribution in [0, 0.1) is 15.9 Å². The highest BCUT2D eigenvalue weighted by Gasteiger charge is 2.09. The van der Waals surface area contributed by atoms with Crippen molar-refractivity contribution in [1.29, 1.82) is 0 Å². The van der Waals surface area contributed by atoms with Gasteiger partial charge in [-0.25, -0.2) is 14.4 Å². The second-order valence-electron chi connectivity index (χ2n) is 5.38. The molecule has 5 nitrogen and oxygen atoms in total. The first-order valence-electron chi connectivity index (χ1n) is 7.53. The third kappa shape index (κ3) is 3.37. The number of fused-ring (bicyclic) bond motifs is 1. The van der Waals surface area contributed by atoms with Gasteiger partial charge in [0.25, 0.3) is 5.69 Å². The van der Waals surface area contributed by atoms with Crippen molar-refractivity contribution in [3.05, 3.63) is 74.5 Å². The molecule has 26 heavy (non-hydrogen) atoms. The Morgan fingerprint density at radius 3 is 2.65 bits per heavy atom. The zero-order valence-corrected chi connectivity index (χ0v) is 14.8. The molecule has 0 amide bonds. The lowest BCUT2D eigenvalue weighted by molar-refractivity contribution is -0.384. The van der Waals surface area contributed by atoms with Gasteiger partial charge in [-0.15, -0.1) is 22.7 Å². The number of rotatable bonds is 4. The van der Waals surface area contributed by atoms with Crippen molar-refractivity contribution in [3.8, 4) is 10.6 Å². The van der Waals surface area contributed by atoms with Crippen LogP contribution in [-0.2, 0) is 0 Å². The van der Waals surface area contributed by atoms with Gasteiger partial charge in [-0.2, -0.15) is 0 Å². The Morgan fingerprint density at radius 1 is 1.08 bits per heavy atom. The van der Waals surface area contributed by atoms with E-state index in [0.29, 0.717) is 5.52 Å². The van der Waals surface area contributed by atoms with Gasteiger partial charge in [0.15, 0.2) is 0 Å². The third-order valence-electron chi connectivity index (χ3n) is 3.61. The van der Waals surface area contributed by atoms with Gasteiger partial charge in [-0.3, -0.25) is 10.1 Å². The summed E-state index contributed by atoms with van der Waals surface area (Å²) in [5, 5.41) is 14.3. The molecule has 8 heteroatoms. The highest BCUT2D eigenvalue weighted by molar-refractivity contribution is 7.19. The van der Waals surface area contributed by atoms with E-state index < -0.39 is 4.92 Å². The van der Waals surface area contributed by atoms with Crippen LogP contribution in [0.25, 0.3) is 32.9 Å². The predicted octanol–water partition coefficient (Wildman–Crippen LogP) is 5.64. The molecule has 2 heterocycles. The molecule has 0 saturated carbocycles. The number of hydrogen-bond donors (Lipinski definition) is 0. The molecule has 0 atom stereocenters. The van der Waals surface area contributed by atoms with Crippen molar-refractivity contribution in [3.63, 3.8) is 0 Å². The van der Waals surface area contributed by atoms with E-state index in [2.05, 4.69) is 9.97 Å². The molecule has 0 aliphatic rings. The Hall–Kier alpha value is -2.97. The SMILES string of the molecule is O=[N+]([O-])c1ccc2sc(/C=C/c3csc(-c4ccc(F)cc4)n3)nc2c1. The second-order valence-corrected chi connectivity index (χ2v) is 7.30. The zero-order chi connectivity index (χ0) is 18.1. The molecule has 0 aliphatic carbocycles. The Bertz CT molecular complexity index is 1130. The van der Waals surface area contributed by atoms with E-state index in [-0.39, 0.29) is 11.5 Å². The minimum Gasteiger partial charge on any atom is -0.258 e. The summed E-state index contributed by atoms with van der Waals surface area (Å²) >= 11 is 2.93. The summed E-state index contributed by atoms with van der Waals surface area (Å²) in [5.74, 6) is -0.276. The van der Waals surface area contributed by atoms with E-state index in [1.54, 1.807) is 18.2 Å². The normalized spacial score (nSPS) is 11.4. The molecule has 0 aliphatic heterocycles. The quantitative estimate of drug-likeness (QED) is 0.338. The highest BCUT2D eigenvalue weighted by Crippen LogP contribution is 2.28. The average Bonchev–Trinajstić information content (AvgIpc) is 3.26. The Morgan fingerprint density at radius 2 is 1.88 bits per heavy atom. The van der Waals surface area contributed by atoms with Crippen molar-refractivity contribution < 1.29 is 9.31 Å². The first-order valence-corrected chi connectivity index (χ1v) is 9.23. The van der Waals surface area contributed by atoms with Crippen LogP contribution in [0.5, 0.6) is 0 Å². The summed E-state index contributed by atoms with van der Waals surface area (Å²) in [6.07, 6.45) is 3.68. The molecule has 0 radical (unpaired) electrons. The van der Waals surface area contributed by atoms with E-state index in [4.69, 9.17) is 0 Å².